The van der Waals surface area contributed by atoms with Crippen molar-refractivity contribution in [1.82, 2.24) is 19.7 Å². The SMILES string of the molecule is Cc1oc(=O)oc1COC(=O)c1cccc2nc(C3CC3)n(Cc3ccc(-c4ccccc4-c4noc(C(=O)[O-])n4)cc3)c12.[K+]. The Morgan fingerprint density at radius 1 is 0.978 bits per heavy atom. The topological polar surface area (TPSA) is 167 Å². The molecule has 0 amide bonds. The van der Waals surface area contributed by atoms with Gasteiger partial charge in [-0.25, -0.2) is 14.6 Å². The smallest absolute Gasteiger partial charge is 0.540 e. The van der Waals surface area contributed by atoms with Crippen LogP contribution in [-0.4, -0.2) is 31.6 Å². The van der Waals surface area contributed by atoms with Gasteiger partial charge in [-0.15, -0.1) is 0 Å². The number of hydrogen-bond acceptors (Lipinski definition) is 11. The van der Waals surface area contributed by atoms with E-state index in [0.717, 1.165) is 35.4 Å². The van der Waals surface area contributed by atoms with E-state index in [-0.39, 0.29) is 75.3 Å². The maximum Gasteiger partial charge on any atom is 1.00 e. The van der Waals surface area contributed by atoms with Gasteiger partial charge in [-0.1, -0.05) is 59.8 Å². The van der Waals surface area contributed by atoms with Gasteiger partial charge in [0.25, 0.3) is 5.89 Å². The summed E-state index contributed by atoms with van der Waals surface area (Å²) in [6, 6.07) is 20.6. The molecule has 7 rings (SSSR count). The number of carbonyl (C=O) groups excluding carboxylic acids is 2. The third-order valence-corrected chi connectivity index (χ3v) is 7.50. The molecule has 3 aromatic carbocycles. The van der Waals surface area contributed by atoms with E-state index >= 15 is 0 Å². The fourth-order valence-corrected chi connectivity index (χ4v) is 5.21. The number of esters is 1. The van der Waals surface area contributed by atoms with Gasteiger partial charge in [-0.2, -0.15) is 4.98 Å². The second-order valence-corrected chi connectivity index (χ2v) is 10.5. The van der Waals surface area contributed by atoms with Crippen molar-refractivity contribution >= 4 is 23.0 Å². The summed E-state index contributed by atoms with van der Waals surface area (Å²) in [6.45, 7) is 1.79. The molecule has 0 aliphatic heterocycles. The van der Waals surface area contributed by atoms with E-state index in [4.69, 9.17) is 23.1 Å². The predicted molar refractivity (Wildman–Crippen MR) is 151 cm³/mol. The minimum Gasteiger partial charge on any atom is -0.540 e. The number of ether oxygens (including phenoxy) is 1. The molecule has 220 valence electrons. The first kappa shape index (κ1) is 30.9. The van der Waals surface area contributed by atoms with Crippen molar-refractivity contribution in [3.8, 4) is 22.5 Å². The summed E-state index contributed by atoms with van der Waals surface area (Å²) in [5, 5.41) is 14.9. The molecule has 3 heterocycles. The van der Waals surface area contributed by atoms with E-state index in [1.807, 2.05) is 42.5 Å². The van der Waals surface area contributed by atoms with Crippen molar-refractivity contribution in [3.63, 3.8) is 0 Å². The van der Waals surface area contributed by atoms with E-state index in [2.05, 4.69) is 14.7 Å². The number of fused-ring (bicyclic) bond motifs is 1. The van der Waals surface area contributed by atoms with Crippen LogP contribution < -0.4 is 62.3 Å². The maximum absolute atomic E-state index is 13.3. The van der Waals surface area contributed by atoms with Gasteiger partial charge in [0.05, 0.1) is 16.6 Å². The summed E-state index contributed by atoms with van der Waals surface area (Å²) < 4.78 is 22.2. The molecule has 3 aromatic heterocycles. The number of aromatic carboxylic acids is 1. The number of carbonyl (C=O) groups is 2. The van der Waals surface area contributed by atoms with Gasteiger partial charge in [0.1, 0.15) is 11.8 Å². The van der Waals surface area contributed by atoms with E-state index in [1.54, 1.807) is 31.2 Å². The standard InChI is InChI=1S/C32H24N4O8.K/c1-17-25(43-32(40)42-17)16-41-31(39)23-7-4-8-24-26(23)36(28(33-24)20-13-14-20)15-18-9-11-19(12-10-18)21-5-2-3-6-22(21)27-34-29(30(37)38)44-35-27;/h2-12,20H,13-16H2,1H3,(H,37,38);/q;+1/p-1. The molecule has 0 unspecified atom stereocenters. The Bertz CT molecular complexity index is 2100. The first-order chi connectivity index (χ1) is 21.4. The molecule has 6 aromatic rings. The minimum atomic E-state index is -1.54. The van der Waals surface area contributed by atoms with Crippen LogP contribution in [0, 0.1) is 6.92 Å². The summed E-state index contributed by atoms with van der Waals surface area (Å²) in [5.74, 6) is -1.78. The molecule has 0 saturated heterocycles. The maximum atomic E-state index is 13.3. The Morgan fingerprint density at radius 2 is 1.73 bits per heavy atom. The van der Waals surface area contributed by atoms with Crippen molar-refractivity contribution in [2.75, 3.05) is 0 Å². The third kappa shape index (κ3) is 6.22. The van der Waals surface area contributed by atoms with Gasteiger partial charge in [-0.05, 0) is 48.6 Å². The van der Waals surface area contributed by atoms with Crippen LogP contribution in [0.5, 0.6) is 0 Å². The van der Waals surface area contributed by atoms with Crippen LogP contribution in [0.3, 0.4) is 0 Å². The molecule has 13 heteroatoms. The van der Waals surface area contributed by atoms with Gasteiger partial charge in [0.2, 0.25) is 5.82 Å². The average Bonchev–Trinajstić information content (AvgIpc) is 3.48. The Labute approximate surface area is 297 Å². The molecule has 12 nitrogen and oxygen atoms in total. The molecule has 0 N–H and O–H groups in total. The zero-order valence-electron chi connectivity index (χ0n) is 24.3. The first-order valence-electron chi connectivity index (χ1n) is 13.8. The zero-order chi connectivity index (χ0) is 30.4. The van der Waals surface area contributed by atoms with Crippen molar-refractivity contribution in [2.45, 2.75) is 38.8 Å². The van der Waals surface area contributed by atoms with Gasteiger partial charge >= 0.3 is 63.2 Å². The second-order valence-electron chi connectivity index (χ2n) is 10.5. The molecule has 0 radical (unpaired) electrons. The zero-order valence-corrected chi connectivity index (χ0v) is 27.4. The summed E-state index contributed by atoms with van der Waals surface area (Å²) in [4.78, 5) is 44.6. The number of carboxylic acid groups (broad SMARTS) is 1. The molecule has 45 heavy (non-hydrogen) atoms. The van der Waals surface area contributed by atoms with Gasteiger partial charge in [0.15, 0.2) is 18.1 Å². The van der Waals surface area contributed by atoms with Crippen LogP contribution in [-0.2, 0) is 17.9 Å². The molecule has 0 bridgehead atoms. The van der Waals surface area contributed by atoms with E-state index < -0.39 is 23.7 Å². The number of aromatic nitrogens is 4. The average molecular weight is 631 g/mol. The summed E-state index contributed by atoms with van der Waals surface area (Å²) in [7, 11) is 0. The van der Waals surface area contributed by atoms with Gasteiger partial charge < -0.3 is 32.6 Å². The molecule has 1 saturated carbocycles. The molecule has 1 aliphatic carbocycles. The van der Waals surface area contributed by atoms with Crippen LogP contribution in [0.2, 0.25) is 0 Å². The fraction of sp³-hybridized carbons (Fsp3) is 0.188. The van der Waals surface area contributed by atoms with Crippen LogP contribution in [0.4, 0.5) is 0 Å². The number of benzene rings is 3. The normalized spacial score (nSPS) is 12.6. The summed E-state index contributed by atoms with van der Waals surface area (Å²) in [5.41, 5.74) is 4.96. The van der Waals surface area contributed by atoms with Crippen LogP contribution in [0.1, 0.15) is 62.7 Å². The molecule has 1 fully saturated rings. The monoisotopic (exact) mass is 630 g/mol. The Hall–Kier alpha value is -4.14. The third-order valence-electron chi connectivity index (χ3n) is 7.50. The number of carboxylic acids is 1. The Balaban J connectivity index is 0.00000357. The number of nitrogens with zero attached hydrogens (tertiary/aromatic N) is 4. The summed E-state index contributed by atoms with van der Waals surface area (Å²) >= 11 is 0. The van der Waals surface area contributed by atoms with Crippen LogP contribution in [0.15, 0.2) is 84.9 Å². The fourth-order valence-electron chi connectivity index (χ4n) is 5.21. The molecule has 0 spiro atoms. The molecular formula is C32H23KN4O8. The largest absolute Gasteiger partial charge is 1.00 e. The number of hydrogen-bond donors (Lipinski definition) is 0. The second kappa shape index (κ2) is 12.7. The number of rotatable bonds is 9. The van der Waals surface area contributed by atoms with Crippen molar-refractivity contribution in [1.29, 1.82) is 0 Å². The predicted octanol–water partition coefficient (Wildman–Crippen LogP) is 1.26. The van der Waals surface area contributed by atoms with Crippen molar-refractivity contribution in [3.05, 3.63) is 112 Å². The van der Waals surface area contributed by atoms with Crippen molar-refractivity contribution in [2.24, 2.45) is 0 Å². The first-order valence-corrected chi connectivity index (χ1v) is 13.8. The van der Waals surface area contributed by atoms with Gasteiger partial charge in [-0.3, -0.25) is 0 Å². The summed E-state index contributed by atoms with van der Waals surface area (Å²) in [6.07, 6.45) is 2.04. The van der Waals surface area contributed by atoms with E-state index in [1.165, 1.54) is 0 Å². The van der Waals surface area contributed by atoms with E-state index in [0.29, 0.717) is 34.6 Å². The van der Waals surface area contributed by atoms with E-state index in [9.17, 15) is 19.5 Å². The Kier molecular flexibility index (Phi) is 8.71. The van der Waals surface area contributed by atoms with Crippen molar-refractivity contribution < 1.29 is 84.2 Å². The molecule has 1 aliphatic rings. The van der Waals surface area contributed by atoms with Crippen LogP contribution in [0.25, 0.3) is 33.5 Å². The number of aryl methyl sites for hydroxylation is 1. The Morgan fingerprint density at radius 3 is 2.40 bits per heavy atom. The van der Waals surface area contributed by atoms with Gasteiger partial charge in [0, 0.05) is 18.0 Å². The van der Waals surface area contributed by atoms with Crippen LogP contribution >= 0.6 is 0 Å². The minimum absolute atomic E-state index is 0. The number of imidazole rings is 1. The molecule has 0 atom stereocenters. The quantitative estimate of drug-likeness (QED) is 0.167. The number of para-hydroxylation sites is 1. The molecular weight excluding hydrogens is 607 g/mol.